The van der Waals surface area contributed by atoms with Crippen molar-refractivity contribution in [2.24, 2.45) is 11.8 Å². The van der Waals surface area contributed by atoms with Crippen LogP contribution in [0.5, 0.6) is 0 Å². The first kappa shape index (κ1) is 14.2. The van der Waals surface area contributed by atoms with Gasteiger partial charge in [0.1, 0.15) is 0 Å². The SMILES string of the molecule is CC(C)(C)[SiH2]OC(C)(C)C1CCN(N)CC1. The normalized spacial score (nSPS) is 22.1. The van der Waals surface area contributed by atoms with E-state index in [1.807, 2.05) is 5.01 Å². The second-order valence-electron chi connectivity index (χ2n) is 6.76. The van der Waals surface area contributed by atoms with E-state index in [-0.39, 0.29) is 5.60 Å². The Morgan fingerprint density at radius 3 is 2.06 bits per heavy atom. The van der Waals surface area contributed by atoms with Crippen molar-refractivity contribution in [2.75, 3.05) is 13.1 Å². The molecule has 0 aromatic rings. The lowest BCUT2D eigenvalue weighted by Gasteiger charge is -2.41. The summed E-state index contributed by atoms with van der Waals surface area (Å²) in [6, 6.07) is 0. The van der Waals surface area contributed by atoms with E-state index in [1.165, 1.54) is 12.8 Å². The van der Waals surface area contributed by atoms with Gasteiger partial charge >= 0.3 is 0 Å². The van der Waals surface area contributed by atoms with Crippen LogP contribution in [0.4, 0.5) is 0 Å². The van der Waals surface area contributed by atoms with Crippen LogP contribution in [-0.2, 0) is 4.43 Å². The van der Waals surface area contributed by atoms with Crippen molar-refractivity contribution < 1.29 is 4.43 Å². The lowest BCUT2D eigenvalue weighted by molar-refractivity contribution is 0.00837. The van der Waals surface area contributed by atoms with Crippen LogP contribution in [0.25, 0.3) is 0 Å². The minimum Gasteiger partial charge on any atom is -0.418 e. The summed E-state index contributed by atoms with van der Waals surface area (Å²) in [4.78, 5) is 0. The number of rotatable bonds is 3. The highest BCUT2D eigenvalue weighted by atomic mass is 28.2. The molecule has 4 heteroatoms. The molecule has 0 saturated carbocycles. The smallest absolute Gasteiger partial charge is 0.167 e. The van der Waals surface area contributed by atoms with Gasteiger partial charge < -0.3 is 4.43 Å². The maximum atomic E-state index is 6.25. The molecule has 16 heavy (non-hydrogen) atoms. The van der Waals surface area contributed by atoms with Crippen molar-refractivity contribution >= 4 is 9.76 Å². The predicted molar refractivity (Wildman–Crippen MR) is 71.9 cm³/mol. The van der Waals surface area contributed by atoms with Crippen molar-refractivity contribution in [2.45, 2.75) is 58.1 Å². The second kappa shape index (κ2) is 5.17. The summed E-state index contributed by atoms with van der Waals surface area (Å²) >= 11 is 0. The van der Waals surface area contributed by atoms with Crippen molar-refractivity contribution in [3.8, 4) is 0 Å². The maximum absolute atomic E-state index is 6.25. The first-order chi connectivity index (χ1) is 7.21. The average molecular weight is 244 g/mol. The molecule has 0 spiro atoms. The summed E-state index contributed by atoms with van der Waals surface area (Å²) in [6.45, 7) is 13.3. The Balaban J connectivity index is 2.44. The van der Waals surface area contributed by atoms with E-state index in [0.717, 1.165) is 13.1 Å². The number of nitrogens with zero attached hydrogens (tertiary/aromatic N) is 1. The van der Waals surface area contributed by atoms with E-state index in [4.69, 9.17) is 10.3 Å². The zero-order valence-electron chi connectivity index (χ0n) is 11.5. The zero-order chi connectivity index (χ0) is 12.4. The van der Waals surface area contributed by atoms with Crippen LogP contribution in [0.15, 0.2) is 0 Å². The van der Waals surface area contributed by atoms with Gasteiger partial charge in [-0.05, 0) is 37.6 Å². The van der Waals surface area contributed by atoms with E-state index >= 15 is 0 Å². The molecule has 2 N–H and O–H groups in total. The van der Waals surface area contributed by atoms with Gasteiger partial charge in [0.25, 0.3) is 0 Å². The summed E-state index contributed by atoms with van der Waals surface area (Å²) in [7, 11) is -0.457. The summed E-state index contributed by atoms with van der Waals surface area (Å²) in [6.07, 6.45) is 2.34. The van der Waals surface area contributed by atoms with Gasteiger partial charge in [0, 0.05) is 13.1 Å². The van der Waals surface area contributed by atoms with Crippen molar-refractivity contribution in [3.05, 3.63) is 0 Å². The molecule has 1 saturated heterocycles. The van der Waals surface area contributed by atoms with E-state index in [2.05, 4.69) is 34.6 Å². The molecular weight excluding hydrogens is 216 g/mol. The van der Waals surface area contributed by atoms with Gasteiger partial charge in [-0.3, -0.25) is 5.84 Å². The number of nitrogens with two attached hydrogens (primary N) is 1. The number of hydrazine groups is 1. The highest BCUT2D eigenvalue weighted by molar-refractivity contribution is 6.31. The third-order valence-corrected chi connectivity index (χ3v) is 5.14. The van der Waals surface area contributed by atoms with Crippen molar-refractivity contribution in [1.29, 1.82) is 0 Å². The largest absolute Gasteiger partial charge is 0.418 e. The summed E-state index contributed by atoms with van der Waals surface area (Å²) < 4.78 is 6.25. The van der Waals surface area contributed by atoms with E-state index < -0.39 is 9.76 Å². The molecule has 1 rings (SSSR count). The first-order valence-electron chi connectivity index (χ1n) is 6.34. The summed E-state index contributed by atoms with van der Waals surface area (Å²) in [5, 5.41) is 2.31. The van der Waals surface area contributed by atoms with Gasteiger partial charge in [-0.2, -0.15) is 0 Å². The molecule has 1 fully saturated rings. The van der Waals surface area contributed by atoms with Crippen molar-refractivity contribution in [3.63, 3.8) is 0 Å². The maximum Gasteiger partial charge on any atom is 0.167 e. The number of hydrogen-bond acceptors (Lipinski definition) is 3. The first-order valence-corrected chi connectivity index (χ1v) is 7.63. The quantitative estimate of drug-likeness (QED) is 0.606. The monoisotopic (exact) mass is 244 g/mol. The highest BCUT2D eigenvalue weighted by Crippen LogP contribution is 2.32. The molecule has 0 aliphatic carbocycles. The molecule has 3 nitrogen and oxygen atoms in total. The molecule has 0 aromatic carbocycles. The third kappa shape index (κ3) is 4.53. The molecule has 96 valence electrons. The van der Waals surface area contributed by atoms with Crippen molar-refractivity contribution in [1.82, 2.24) is 5.01 Å². The van der Waals surface area contributed by atoms with E-state index in [1.54, 1.807) is 0 Å². The van der Waals surface area contributed by atoms with Crippen LogP contribution in [0.1, 0.15) is 47.5 Å². The Morgan fingerprint density at radius 2 is 1.62 bits per heavy atom. The molecule has 0 unspecified atom stereocenters. The lowest BCUT2D eigenvalue weighted by atomic mass is 9.83. The molecule has 0 bridgehead atoms. The Labute approximate surface area is 103 Å². The van der Waals surface area contributed by atoms with Crippen LogP contribution in [0.3, 0.4) is 0 Å². The Hall–Kier alpha value is 0.0969. The molecule has 1 aliphatic rings. The van der Waals surface area contributed by atoms with Gasteiger partial charge in [0.2, 0.25) is 0 Å². The number of hydrogen-bond donors (Lipinski definition) is 1. The zero-order valence-corrected chi connectivity index (χ0v) is 13.0. The lowest BCUT2D eigenvalue weighted by Crippen LogP contribution is -2.46. The van der Waals surface area contributed by atoms with E-state index in [0.29, 0.717) is 11.0 Å². The summed E-state index contributed by atoms with van der Waals surface area (Å²) in [5.41, 5.74) is 0.0424. The van der Waals surface area contributed by atoms with E-state index in [9.17, 15) is 0 Å². The van der Waals surface area contributed by atoms with Gasteiger partial charge in [-0.1, -0.05) is 20.8 Å². The minimum atomic E-state index is -0.457. The third-order valence-electron chi connectivity index (χ3n) is 3.39. The standard InChI is InChI=1S/C12H28N2OSi/c1-11(2,3)16-15-12(4,5)10-6-8-14(13)9-7-10/h10H,6-9,13,16H2,1-5H3. The topological polar surface area (TPSA) is 38.5 Å². The van der Waals surface area contributed by atoms with Gasteiger partial charge in [0.05, 0.1) is 5.60 Å². The Morgan fingerprint density at radius 1 is 1.12 bits per heavy atom. The number of piperidine rings is 1. The fraction of sp³-hybridized carbons (Fsp3) is 1.00. The van der Waals surface area contributed by atoms with Gasteiger partial charge in [0.15, 0.2) is 9.76 Å². The molecule has 1 heterocycles. The Bertz CT molecular complexity index is 218. The van der Waals surface area contributed by atoms with Crippen LogP contribution >= 0.6 is 0 Å². The van der Waals surface area contributed by atoms with Crippen LogP contribution in [0.2, 0.25) is 5.04 Å². The molecule has 0 aromatic heterocycles. The van der Waals surface area contributed by atoms with Crippen LogP contribution < -0.4 is 5.84 Å². The predicted octanol–water partition coefficient (Wildman–Crippen LogP) is 1.67. The minimum absolute atomic E-state index is 0.0424. The fourth-order valence-electron chi connectivity index (χ4n) is 2.12. The molecule has 0 radical (unpaired) electrons. The molecule has 0 atom stereocenters. The Kier molecular flexibility index (Phi) is 4.57. The fourth-order valence-corrected chi connectivity index (χ4v) is 3.16. The summed E-state index contributed by atoms with van der Waals surface area (Å²) in [5.74, 6) is 6.45. The molecule has 0 amide bonds. The van der Waals surface area contributed by atoms with Gasteiger partial charge in [-0.25, -0.2) is 5.01 Å². The highest BCUT2D eigenvalue weighted by Gasteiger charge is 2.33. The van der Waals surface area contributed by atoms with Crippen LogP contribution in [-0.4, -0.2) is 33.5 Å². The molecular formula is C12H28N2OSi. The molecule has 1 aliphatic heterocycles. The average Bonchev–Trinajstić information content (AvgIpc) is 2.15. The van der Waals surface area contributed by atoms with Crippen LogP contribution in [0, 0.1) is 5.92 Å². The second-order valence-corrected chi connectivity index (χ2v) is 9.46. The van der Waals surface area contributed by atoms with Gasteiger partial charge in [-0.15, -0.1) is 0 Å².